The molecular formula is C20H25N5O3. The van der Waals surface area contributed by atoms with E-state index in [0.717, 1.165) is 11.1 Å². The Kier molecular flexibility index (Phi) is 5.13. The zero-order valence-electron chi connectivity index (χ0n) is 16.5. The Morgan fingerprint density at radius 2 is 2.04 bits per heavy atom. The van der Waals surface area contributed by atoms with Crippen LogP contribution in [0.5, 0.6) is 5.75 Å². The van der Waals surface area contributed by atoms with Crippen molar-refractivity contribution in [3.63, 3.8) is 0 Å². The molecule has 0 unspecified atom stereocenters. The third-order valence-corrected chi connectivity index (χ3v) is 4.61. The summed E-state index contributed by atoms with van der Waals surface area (Å²) in [5.74, 6) is 1.17. The van der Waals surface area contributed by atoms with Crippen molar-refractivity contribution in [3.8, 4) is 5.75 Å². The van der Waals surface area contributed by atoms with Crippen LogP contribution in [0, 0.1) is 12.3 Å². The van der Waals surface area contributed by atoms with Gasteiger partial charge in [0.05, 0.1) is 12.8 Å². The Morgan fingerprint density at radius 1 is 1.29 bits per heavy atom. The number of benzene rings is 1. The summed E-state index contributed by atoms with van der Waals surface area (Å²) in [5, 5.41) is 10.9. The number of carbonyl (C=O) groups is 1. The van der Waals surface area contributed by atoms with E-state index in [1.54, 1.807) is 31.4 Å². The van der Waals surface area contributed by atoms with Crippen molar-refractivity contribution < 1.29 is 13.9 Å². The largest absolute Gasteiger partial charge is 0.497 e. The molecule has 0 radical (unpaired) electrons. The topological polar surface area (TPSA) is 128 Å². The summed E-state index contributed by atoms with van der Waals surface area (Å²) in [6.07, 6.45) is 1.37. The molecule has 148 valence electrons. The fourth-order valence-corrected chi connectivity index (χ4v) is 3.42. The van der Waals surface area contributed by atoms with Crippen LogP contribution in [-0.2, 0) is 6.42 Å². The number of nitrogens with one attached hydrogen (secondary N) is 1. The lowest BCUT2D eigenvalue weighted by Crippen LogP contribution is -2.27. The normalized spacial score (nSPS) is 16.4. The number of anilines is 1. The van der Waals surface area contributed by atoms with E-state index in [4.69, 9.17) is 20.6 Å². The van der Waals surface area contributed by atoms with Crippen molar-refractivity contribution >= 4 is 23.3 Å². The molecule has 1 aliphatic carbocycles. The average molecular weight is 383 g/mol. The second-order valence-electron chi connectivity index (χ2n) is 7.63. The average Bonchev–Trinajstić information content (AvgIpc) is 2.95. The summed E-state index contributed by atoms with van der Waals surface area (Å²) in [6, 6.07) is 7.14. The van der Waals surface area contributed by atoms with E-state index in [-0.39, 0.29) is 23.0 Å². The molecule has 0 bridgehead atoms. The van der Waals surface area contributed by atoms with Gasteiger partial charge in [0.1, 0.15) is 11.5 Å². The molecule has 1 aromatic heterocycles. The highest BCUT2D eigenvalue weighted by atomic mass is 16.5. The lowest BCUT2D eigenvalue weighted by Gasteiger charge is -2.29. The zero-order chi connectivity index (χ0) is 20.5. The van der Waals surface area contributed by atoms with Crippen LogP contribution in [0.25, 0.3) is 0 Å². The number of amides is 1. The summed E-state index contributed by atoms with van der Waals surface area (Å²) < 4.78 is 11.2. The quantitative estimate of drug-likeness (QED) is 0.425. The van der Waals surface area contributed by atoms with E-state index in [1.807, 2.05) is 6.92 Å². The predicted octanol–water partition coefficient (Wildman–Crippen LogP) is 2.80. The maximum Gasteiger partial charge on any atom is 0.291 e. The second-order valence-corrected chi connectivity index (χ2v) is 7.63. The van der Waals surface area contributed by atoms with Gasteiger partial charge >= 0.3 is 0 Å². The first-order chi connectivity index (χ1) is 13.2. The molecule has 0 atom stereocenters. The standard InChI is InChI=1S/C20H25N5O3/c1-11-16-14(24-25-19(21)22)9-20(2,3)10-15(16)28-17(11)18(26)23-12-6-5-7-13(8-12)27-4/h5-8H,9-10H2,1-4H3,(H,23,26)(H4,21,22,25)/b24-14-. The molecule has 0 aliphatic heterocycles. The molecule has 0 saturated carbocycles. The van der Waals surface area contributed by atoms with Gasteiger partial charge in [-0.15, -0.1) is 5.10 Å². The molecule has 1 heterocycles. The van der Waals surface area contributed by atoms with Crippen LogP contribution in [0.3, 0.4) is 0 Å². The molecule has 2 aromatic rings. The van der Waals surface area contributed by atoms with E-state index in [9.17, 15) is 4.79 Å². The number of nitrogens with zero attached hydrogens (tertiary/aromatic N) is 2. The Bertz CT molecular complexity index is 968. The molecule has 0 saturated heterocycles. The van der Waals surface area contributed by atoms with Crippen LogP contribution in [0.15, 0.2) is 38.9 Å². The molecular weight excluding hydrogens is 358 g/mol. The van der Waals surface area contributed by atoms with E-state index in [0.29, 0.717) is 35.8 Å². The van der Waals surface area contributed by atoms with Gasteiger partial charge in [-0.25, -0.2) is 0 Å². The third kappa shape index (κ3) is 4.00. The number of ether oxygens (including phenoxy) is 1. The van der Waals surface area contributed by atoms with Crippen LogP contribution in [0.2, 0.25) is 0 Å². The summed E-state index contributed by atoms with van der Waals surface area (Å²) in [7, 11) is 1.57. The predicted molar refractivity (Wildman–Crippen MR) is 109 cm³/mol. The Hall–Kier alpha value is -3.29. The van der Waals surface area contributed by atoms with Gasteiger partial charge < -0.3 is 25.9 Å². The molecule has 1 aliphatic rings. The first-order valence-corrected chi connectivity index (χ1v) is 8.93. The van der Waals surface area contributed by atoms with E-state index >= 15 is 0 Å². The van der Waals surface area contributed by atoms with Crippen molar-refractivity contribution in [1.82, 2.24) is 0 Å². The number of rotatable bonds is 4. The van der Waals surface area contributed by atoms with Gasteiger partial charge in [-0.2, -0.15) is 5.10 Å². The van der Waals surface area contributed by atoms with Crippen molar-refractivity contribution in [3.05, 3.63) is 46.9 Å². The van der Waals surface area contributed by atoms with Crippen molar-refractivity contribution in [1.29, 1.82) is 0 Å². The first kappa shape index (κ1) is 19.5. The molecule has 1 aromatic carbocycles. The molecule has 1 amide bonds. The van der Waals surface area contributed by atoms with Crippen LogP contribution in [-0.4, -0.2) is 24.7 Å². The van der Waals surface area contributed by atoms with Gasteiger partial charge in [-0.1, -0.05) is 19.9 Å². The highest BCUT2D eigenvalue weighted by molar-refractivity contribution is 6.09. The number of fused-ring (bicyclic) bond motifs is 1. The Balaban J connectivity index is 1.97. The van der Waals surface area contributed by atoms with E-state index in [2.05, 4.69) is 29.4 Å². The number of guanidine groups is 1. The fraction of sp³-hybridized carbons (Fsp3) is 0.350. The molecule has 3 rings (SSSR count). The maximum atomic E-state index is 12.8. The minimum absolute atomic E-state index is 0.0877. The first-order valence-electron chi connectivity index (χ1n) is 8.93. The van der Waals surface area contributed by atoms with E-state index in [1.165, 1.54) is 0 Å². The molecule has 8 nitrogen and oxygen atoms in total. The number of nitrogens with two attached hydrogens (primary N) is 2. The van der Waals surface area contributed by atoms with Crippen LogP contribution in [0.4, 0.5) is 5.69 Å². The van der Waals surface area contributed by atoms with Crippen molar-refractivity contribution in [2.75, 3.05) is 12.4 Å². The lowest BCUT2D eigenvalue weighted by atomic mass is 9.75. The number of carbonyl (C=O) groups excluding carboxylic acids is 1. The summed E-state index contributed by atoms with van der Waals surface area (Å²) in [5.41, 5.74) is 13.6. The highest BCUT2D eigenvalue weighted by Gasteiger charge is 2.36. The summed E-state index contributed by atoms with van der Waals surface area (Å²) in [6.45, 7) is 6.05. The van der Waals surface area contributed by atoms with Gasteiger partial charge in [0, 0.05) is 29.3 Å². The van der Waals surface area contributed by atoms with Gasteiger partial charge in [0.25, 0.3) is 5.91 Å². The summed E-state index contributed by atoms with van der Waals surface area (Å²) in [4.78, 5) is 12.8. The van der Waals surface area contributed by atoms with Crippen molar-refractivity contribution in [2.24, 2.45) is 27.1 Å². The third-order valence-electron chi connectivity index (χ3n) is 4.61. The lowest BCUT2D eigenvalue weighted by molar-refractivity contribution is 0.0993. The van der Waals surface area contributed by atoms with Gasteiger partial charge in [0.15, 0.2) is 5.76 Å². The molecule has 0 spiro atoms. The Morgan fingerprint density at radius 3 is 2.71 bits per heavy atom. The molecule has 28 heavy (non-hydrogen) atoms. The van der Waals surface area contributed by atoms with Gasteiger partial charge in [-0.3, -0.25) is 4.79 Å². The van der Waals surface area contributed by atoms with Crippen LogP contribution < -0.4 is 21.5 Å². The monoisotopic (exact) mass is 383 g/mol. The maximum absolute atomic E-state index is 12.8. The SMILES string of the molecule is COc1cccc(NC(=O)c2oc3c(c2C)/C(=N\N=C(N)N)CC(C)(C)C3)c1. The van der Waals surface area contributed by atoms with Crippen LogP contribution in [0.1, 0.15) is 47.7 Å². The fourth-order valence-electron chi connectivity index (χ4n) is 3.42. The number of methoxy groups -OCH3 is 1. The second kappa shape index (κ2) is 7.38. The molecule has 5 N–H and O–H groups in total. The van der Waals surface area contributed by atoms with Gasteiger partial charge in [0.2, 0.25) is 5.96 Å². The van der Waals surface area contributed by atoms with Gasteiger partial charge in [-0.05, 0) is 30.9 Å². The zero-order valence-corrected chi connectivity index (χ0v) is 16.5. The Labute approximate surface area is 163 Å². The minimum atomic E-state index is -0.334. The minimum Gasteiger partial charge on any atom is -0.497 e. The highest BCUT2D eigenvalue weighted by Crippen LogP contribution is 2.39. The van der Waals surface area contributed by atoms with Crippen LogP contribution >= 0.6 is 0 Å². The number of furan rings is 1. The molecule has 0 fully saturated rings. The smallest absolute Gasteiger partial charge is 0.291 e. The number of hydrogen-bond acceptors (Lipinski definition) is 5. The van der Waals surface area contributed by atoms with E-state index < -0.39 is 0 Å². The molecule has 8 heteroatoms. The summed E-state index contributed by atoms with van der Waals surface area (Å²) >= 11 is 0. The van der Waals surface area contributed by atoms with Crippen molar-refractivity contribution in [2.45, 2.75) is 33.6 Å². The number of hydrogen-bond donors (Lipinski definition) is 3.